The van der Waals surface area contributed by atoms with Crippen molar-refractivity contribution in [2.75, 3.05) is 12.4 Å². The molecule has 2 aromatic carbocycles. The second-order valence-corrected chi connectivity index (χ2v) is 8.86. The number of pyridine rings is 2. The molecule has 0 fully saturated rings. The first-order valence-corrected chi connectivity index (χ1v) is 11.8. The Balaban J connectivity index is 1.56. The van der Waals surface area contributed by atoms with Gasteiger partial charge in [0, 0.05) is 46.7 Å². The number of benzene rings is 2. The molecule has 8 heteroatoms. The first-order valence-electron chi connectivity index (χ1n) is 11.4. The molecule has 0 aliphatic rings. The summed E-state index contributed by atoms with van der Waals surface area (Å²) in [5, 5.41) is 4.01. The normalized spacial score (nSPS) is 10.8. The van der Waals surface area contributed by atoms with Crippen molar-refractivity contribution in [3.8, 4) is 11.6 Å². The van der Waals surface area contributed by atoms with Crippen LogP contribution < -0.4 is 15.6 Å². The van der Waals surface area contributed by atoms with Gasteiger partial charge in [-0.15, -0.1) is 0 Å². The first kappa shape index (κ1) is 25.0. The van der Waals surface area contributed by atoms with Crippen LogP contribution in [0.2, 0.25) is 5.02 Å². The van der Waals surface area contributed by atoms with Gasteiger partial charge in [-0.1, -0.05) is 29.8 Å². The van der Waals surface area contributed by atoms with Gasteiger partial charge in [-0.3, -0.25) is 4.79 Å². The maximum atomic E-state index is 13.3. The van der Waals surface area contributed by atoms with E-state index >= 15 is 0 Å². The van der Waals surface area contributed by atoms with Crippen molar-refractivity contribution in [3.63, 3.8) is 0 Å². The molecule has 0 spiro atoms. The summed E-state index contributed by atoms with van der Waals surface area (Å²) in [5.41, 5.74) is 3.30. The van der Waals surface area contributed by atoms with Crippen LogP contribution in [0.15, 0.2) is 83.8 Å². The highest BCUT2D eigenvalue weighted by molar-refractivity contribution is 6.30. The predicted molar refractivity (Wildman–Crippen MR) is 141 cm³/mol. The van der Waals surface area contributed by atoms with E-state index in [0.29, 0.717) is 22.8 Å². The van der Waals surface area contributed by atoms with E-state index in [0.717, 1.165) is 16.9 Å². The molecule has 0 aliphatic carbocycles. The van der Waals surface area contributed by atoms with Crippen LogP contribution in [0.4, 0.5) is 11.4 Å². The fourth-order valence-corrected chi connectivity index (χ4v) is 3.79. The number of hydrogen-bond acceptors (Lipinski definition) is 6. The molecule has 0 atom stereocenters. The summed E-state index contributed by atoms with van der Waals surface area (Å²) < 4.78 is 12.2. The fourth-order valence-electron chi connectivity index (χ4n) is 3.67. The van der Waals surface area contributed by atoms with Crippen molar-refractivity contribution >= 4 is 28.9 Å². The molecule has 1 N–H and O–H groups in total. The molecule has 0 amide bonds. The molecule has 2 aromatic heterocycles. The fraction of sp³-hybridized carbons (Fsp3) is 0.179. The van der Waals surface area contributed by atoms with Gasteiger partial charge in [0.15, 0.2) is 5.69 Å². The van der Waals surface area contributed by atoms with Gasteiger partial charge in [0.2, 0.25) is 5.88 Å². The summed E-state index contributed by atoms with van der Waals surface area (Å²) in [7, 11) is 1.30. The molecule has 7 nitrogen and oxygen atoms in total. The van der Waals surface area contributed by atoms with Crippen LogP contribution in [0.3, 0.4) is 0 Å². The number of anilines is 2. The SMILES string of the molecule is COC(=O)c1cccc(Oc2ccc(Nc3ccn(C(C)C)c(=O)c3Cc3ccc(Cl)cc3)cc2)n1. The van der Waals surface area contributed by atoms with Crippen LogP contribution in [0.5, 0.6) is 11.6 Å². The Kier molecular flexibility index (Phi) is 7.71. The standard InChI is InChI=1S/C28H26ClN3O4/c1-18(2)32-16-15-24(23(27(32)33)17-19-7-9-20(29)10-8-19)30-21-11-13-22(14-12-21)36-26-6-4-5-25(31-26)28(34)35-3/h4-16,18,30H,17H2,1-3H3. The number of aromatic nitrogens is 2. The predicted octanol–water partition coefficient (Wildman–Crippen LogP) is 6.39. The molecule has 2 heterocycles. The van der Waals surface area contributed by atoms with E-state index in [2.05, 4.69) is 10.3 Å². The number of nitrogens with one attached hydrogen (secondary N) is 1. The minimum absolute atomic E-state index is 0.0400. The number of ether oxygens (including phenoxy) is 2. The third kappa shape index (κ3) is 5.93. The molecule has 0 radical (unpaired) electrons. The van der Waals surface area contributed by atoms with Gasteiger partial charge in [0.1, 0.15) is 5.75 Å². The van der Waals surface area contributed by atoms with Crippen molar-refractivity contribution < 1.29 is 14.3 Å². The maximum Gasteiger partial charge on any atom is 0.356 e. The van der Waals surface area contributed by atoms with Crippen LogP contribution in [0.1, 0.15) is 41.5 Å². The number of rotatable bonds is 8. The van der Waals surface area contributed by atoms with E-state index in [1.807, 2.05) is 56.3 Å². The molecule has 0 bridgehead atoms. The van der Waals surface area contributed by atoms with Crippen LogP contribution in [0.25, 0.3) is 0 Å². The summed E-state index contributed by atoms with van der Waals surface area (Å²) >= 11 is 6.03. The topological polar surface area (TPSA) is 82.5 Å². The molecule has 36 heavy (non-hydrogen) atoms. The van der Waals surface area contributed by atoms with Crippen LogP contribution in [-0.2, 0) is 11.2 Å². The van der Waals surface area contributed by atoms with E-state index in [-0.39, 0.29) is 23.2 Å². The van der Waals surface area contributed by atoms with Gasteiger partial charge in [0.05, 0.1) is 7.11 Å². The molecular formula is C28H26ClN3O4. The largest absolute Gasteiger partial charge is 0.464 e. The van der Waals surface area contributed by atoms with Gasteiger partial charge in [-0.25, -0.2) is 9.78 Å². The average molecular weight is 504 g/mol. The van der Waals surface area contributed by atoms with E-state index in [4.69, 9.17) is 21.1 Å². The first-order chi connectivity index (χ1) is 17.3. The summed E-state index contributed by atoms with van der Waals surface area (Å²) in [6.45, 7) is 3.96. The van der Waals surface area contributed by atoms with Gasteiger partial charge in [-0.2, -0.15) is 0 Å². The van der Waals surface area contributed by atoms with E-state index in [1.165, 1.54) is 7.11 Å². The third-order valence-electron chi connectivity index (χ3n) is 5.54. The summed E-state index contributed by atoms with van der Waals surface area (Å²) in [6.07, 6.45) is 2.27. The third-order valence-corrected chi connectivity index (χ3v) is 5.80. The lowest BCUT2D eigenvalue weighted by Crippen LogP contribution is -2.26. The van der Waals surface area contributed by atoms with Crippen LogP contribution in [0, 0.1) is 0 Å². The molecule has 184 valence electrons. The highest BCUT2D eigenvalue weighted by Crippen LogP contribution is 2.26. The van der Waals surface area contributed by atoms with Gasteiger partial charge in [-0.05, 0) is 67.9 Å². The Morgan fingerprint density at radius 1 is 1.03 bits per heavy atom. The number of methoxy groups -OCH3 is 1. The number of esters is 1. The monoisotopic (exact) mass is 503 g/mol. The molecule has 4 rings (SSSR count). The zero-order valence-corrected chi connectivity index (χ0v) is 21.0. The average Bonchev–Trinajstić information content (AvgIpc) is 2.88. The molecule has 0 unspecified atom stereocenters. The van der Waals surface area contributed by atoms with Crippen molar-refractivity contribution in [3.05, 3.63) is 111 Å². The summed E-state index contributed by atoms with van der Waals surface area (Å²) in [6, 6.07) is 21.6. The zero-order chi connectivity index (χ0) is 25.7. The van der Waals surface area contributed by atoms with Gasteiger partial charge >= 0.3 is 5.97 Å². The lowest BCUT2D eigenvalue weighted by molar-refractivity contribution is 0.0593. The number of carbonyl (C=O) groups excluding carboxylic acids is 1. The van der Waals surface area contributed by atoms with Crippen molar-refractivity contribution in [2.45, 2.75) is 26.3 Å². The number of hydrogen-bond donors (Lipinski definition) is 1. The molecule has 0 saturated heterocycles. The van der Waals surface area contributed by atoms with E-state index < -0.39 is 5.97 Å². The van der Waals surface area contributed by atoms with Gasteiger partial charge < -0.3 is 19.4 Å². The summed E-state index contributed by atoms with van der Waals surface area (Å²) in [5.74, 6) is 0.293. The van der Waals surface area contributed by atoms with E-state index in [9.17, 15) is 9.59 Å². The molecular weight excluding hydrogens is 478 g/mol. The lowest BCUT2D eigenvalue weighted by atomic mass is 10.0. The van der Waals surface area contributed by atoms with Gasteiger partial charge in [0.25, 0.3) is 5.56 Å². The molecule has 0 aliphatic heterocycles. The Labute approximate surface area is 214 Å². The van der Waals surface area contributed by atoms with Crippen molar-refractivity contribution in [1.29, 1.82) is 0 Å². The van der Waals surface area contributed by atoms with E-state index in [1.54, 1.807) is 41.1 Å². The zero-order valence-electron chi connectivity index (χ0n) is 20.2. The Bertz CT molecular complexity index is 1410. The van der Waals surface area contributed by atoms with Crippen molar-refractivity contribution in [2.24, 2.45) is 0 Å². The Hall–Kier alpha value is -4.10. The minimum atomic E-state index is -0.534. The Morgan fingerprint density at radius 3 is 2.42 bits per heavy atom. The highest BCUT2D eigenvalue weighted by atomic mass is 35.5. The number of nitrogens with zero attached hydrogens (tertiary/aromatic N) is 2. The maximum absolute atomic E-state index is 13.3. The van der Waals surface area contributed by atoms with Crippen LogP contribution in [-0.4, -0.2) is 22.6 Å². The second kappa shape index (κ2) is 11.1. The number of carbonyl (C=O) groups is 1. The van der Waals surface area contributed by atoms with Crippen LogP contribution >= 0.6 is 11.6 Å². The van der Waals surface area contributed by atoms with Crippen molar-refractivity contribution in [1.82, 2.24) is 9.55 Å². The highest BCUT2D eigenvalue weighted by Gasteiger charge is 2.14. The molecule has 4 aromatic rings. The second-order valence-electron chi connectivity index (χ2n) is 8.42. The lowest BCUT2D eigenvalue weighted by Gasteiger charge is -2.17. The Morgan fingerprint density at radius 2 is 1.75 bits per heavy atom. The molecule has 0 saturated carbocycles. The quantitative estimate of drug-likeness (QED) is 0.280. The number of halogens is 1. The minimum Gasteiger partial charge on any atom is -0.464 e. The summed E-state index contributed by atoms with van der Waals surface area (Å²) in [4.78, 5) is 29.1. The smallest absolute Gasteiger partial charge is 0.356 e.